The average Bonchev–Trinajstić information content (AvgIpc) is 2.68. The topological polar surface area (TPSA) is 143 Å². The monoisotopic (exact) mass is 402 g/mol. The summed E-state index contributed by atoms with van der Waals surface area (Å²) in [5, 5.41) is 10.5. The number of aromatic nitrogens is 2. The van der Waals surface area contributed by atoms with E-state index in [-0.39, 0.29) is 18.8 Å². The van der Waals surface area contributed by atoms with E-state index < -0.39 is 36.3 Å². The molecule has 0 saturated heterocycles. The number of unbranched alkanes of at least 4 members (excludes halogenated alkanes) is 4. The van der Waals surface area contributed by atoms with Crippen molar-refractivity contribution < 1.29 is 23.8 Å². The van der Waals surface area contributed by atoms with Crippen LogP contribution in [0.4, 0.5) is 10.2 Å². The number of ether oxygens (including phenoxy) is 2. The summed E-state index contributed by atoms with van der Waals surface area (Å²) < 4.78 is 25.7. The van der Waals surface area contributed by atoms with E-state index in [4.69, 9.17) is 20.9 Å². The number of anilines is 1. The van der Waals surface area contributed by atoms with Crippen LogP contribution in [0.25, 0.3) is 0 Å². The van der Waals surface area contributed by atoms with Crippen LogP contribution < -0.4 is 17.2 Å². The average molecular weight is 402 g/mol. The van der Waals surface area contributed by atoms with Gasteiger partial charge in [-0.1, -0.05) is 32.6 Å². The Bertz CT molecular complexity index is 666. The van der Waals surface area contributed by atoms with Crippen molar-refractivity contribution in [2.24, 2.45) is 5.73 Å². The summed E-state index contributed by atoms with van der Waals surface area (Å²) in [7, 11) is 1.21. The number of nitrogens with two attached hydrogens (primary N) is 2. The molecule has 0 aliphatic carbocycles. The van der Waals surface area contributed by atoms with Crippen LogP contribution in [0, 0.1) is 0 Å². The molecule has 0 amide bonds. The maximum Gasteiger partial charge on any atom is 0.351 e. The Labute approximate surface area is 163 Å². The molecule has 3 atom stereocenters. The normalized spacial score (nSPS) is 15.6. The van der Waals surface area contributed by atoms with E-state index in [1.165, 1.54) is 13.2 Å². The number of halogens is 1. The summed E-state index contributed by atoms with van der Waals surface area (Å²) in [6.07, 6.45) is 2.02. The second-order valence-corrected chi connectivity index (χ2v) is 6.66. The number of nitrogen functional groups attached to an aromatic ring is 1. The zero-order valence-electron chi connectivity index (χ0n) is 16.5. The number of aliphatic hydroxyl groups is 1. The molecule has 10 heteroatoms. The largest absolute Gasteiger partial charge is 0.462 e. The van der Waals surface area contributed by atoms with E-state index in [1.807, 2.05) is 0 Å². The van der Waals surface area contributed by atoms with Gasteiger partial charge in [-0.3, -0.25) is 9.36 Å². The first kappa shape index (κ1) is 24.0. The third kappa shape index (κ3) is 6.54. The Morgan fingerprint density at radius 3 is 2.64 bits per heavy atom. The van der Waals surface area contributed by atoms with Crippen molar-refractivity contribution in [3.8, 4) is 0 Å². The molecule has 0 unspecified atom stereocenters. The lowest BCUT2D eigenvalue weighted by atomic mass is 9.96. The highest BCUT2D eigenvalue weighted by atomic mass is 19.1. The van der Waals surface area contributed by atoms with E-state index in [0.29, 0.717) is 11.0 Å². The predicted octanol–water partition coefficient (Wildman–Crippen LogP) is 0.902. The number of hydrogen-bond donors (Lipinski definition) is 3. The van der Waals surface area contributed by atoms with E-state index in [9.17, 15) is 19.1 Å². The molecular formula is C18H31FN4O5. The zero-order valence-corrected chi connectivity index (χ0v) is 16.5. The van der Waals surface area contributed by atoms with Crippen molar-refractivity contribution in [3.05, 3.63) is 22.7 Å². The van der Waals surface area contributed by atoms with Crippen LogP contribution in [0.2, 0.25) is 0 Å². The number of rotatable bonds is 13. The van der Waals surface area contributed by atoms with Crippen LogP contribution in [-0.4, -0.2) is 52.6 Å². The summed E-state index contributed by atoms with van der Waals surface area (Å²) in [6.45, 7) is 1.31. The fourth-order valence-electron chi connectivity index (χ4n) is 2.69. The number of alkyl halides is 1. The second kappa shape index (κ2) is 11.7. The standard InChI is InChI=1S/C18H31FN4O5/c1-3-4-5-6-7-8-14(24)28-12-18(11-20,27-2)15(25)16(19)23-10-9-13(21)22-17(23)26/h9-10,15-16,25H,3-8,11-12,20H2,1-2H3,(H2,21,22,26)/t15-,16-,18+/m0/s1. The first-order chi connectivity index (χ1) is 13.3. The van der Waals surface area contributed by atoms with E-state index >= 15 is 0 Å². The fourth-order valence-corrected chi connectivity index (χ4v) is 2.69. The Morgan fingerprint density at radius 2 is 2.07 bits per heavy atom. The smallest absolute Gasteiger partial charge is 0.351 e. The summed E-state index contributed by atoms with van der Waals surface area (Å²) in [5.74, 6) is -0.562. The number of esters is 1. The van der Waals surface area contributed by atoms with Gasteiger partial charge in [-0.2, -0.15) is 4.98 Å². The van der Waals surface area contributed by atoms with Gasteiger partial charge in [-0.25, -0.2) is 9.18 Å². The lowest BCUT2D eigenvalue weighted by molar-refractivity contribution is -0.179. The third-order valence-electron chi connectivity index (χ3n) is 4.63. The van der Waals surface area contributed by atoms with Crippen LogP contribution in [0.5, 0.6) is 0 Å². The Hall–Kier alpha value is -2.04. The third-order valence-corrected chi connectivity index (χ3v) is 4.63. The van der Waals surface area contributed by atoms with Gasteiger partial charge in [-0.15, -0.1) is 0 Å². The Morgan fingerprint density at radius 1 is 1.39 bits per heavy atom. The van der Waals surface area contributed by atoms with Crippen LogP contribution in [0.1, 0.15) is 51.7 Å². The molecule has 28 heavy (non-hydrogen) atoms. The van der Waals surface area contributed by atoms with E-state index in [2.05, 4.69) is 11.9 Å². The van der Waals surface area contributed by atoms with Gasteiger partial charge in [0.1, 0.15) is 24.1 Å². The minimum absolute atomic E-state index is 0.0763. The van der Waals surface area contributed by atoms with Gasteiger partial charge in [0.25, 0.3) is 0 Å². The summed E-state index contributed by atoms with van der Waals surface area (Å²) >= 11 is 0. The van der Waals surface area contributed by atoms with Crippen molar-refractivity contribution >= 4 is 11.8 Å². The number of aliphatic hydroxyl groups excluding tert-OH is 1. The van der Waals surface area contributed by atoms with Crippen molar-refractivity contribution in [1.82, 2.24) is 9.55 Å². The first-order valence-corrected chi connectivity index (χ1v) is 9.39. The van der Waals surface area contributed by atoms with Crippen molar-refractivity contribution in [2.75, 3.05) is 26.0 Å². The predicted molar refractivity (Wildman–Crippen MR) is 102 cm³/mol. The highest BCUT2D eigenvalue weighted by Gasteiger charge is 2.44. The molecule has 0 radical (unpaired) electrons. The van der Waals surface area contributed by atoms with Crippen LogP contribution in [0.15, 0.2) is 17.1 Å². The summed E-state index contributed by atoms with van der Waals surface area (Å²) in [4.78, 5) is 27.2. The molecule has 1 aromatic heterocycles. The molecule has 1 heterocycles. The van der Waals surface area contributed by atoms with Crippen LogP contribution >= 0.6 is 0 Å². The number of hydrogen-bond acceptors (Lipinski definition) is 8. The van der Waals surface area contributed by atoms with Crippen molar-refractivity contribution in [3.63, 3.8) is 0 Å². The van der Waals surface area contributed by atoms with Gasteiger partial charge in [0.2, 0.25) is 6.30 Å². The number of nitrogens with zero attached hydrogens (tertiary/aromatic N) is 2. The molecule has 0 bridgehead atoms. The van der Waals surface area contributed by atoms with Crippen LogP contribution in [-0.2, 0) is 14.3 Å². The molecule has 0 spiro atoms. The highest BCUT2D eigenvalue weighted by Crippen LogP contribution is 2.25. The van der Waals surface area contributed by atoms with E-state index in [0.717, 1.165) is 31.9 Å². The molecule has 160 valence electrons. The van der Waals surface area contributed by atoms with Crippen molar-refractivity contribution in [2.45, 2.75) is 63.4 Å². The molecule has 0 saturated carbocycles. The highest BCUT2D eigenvalue weighted by molar-refractivity contribution is 5.69. The maximum absolute atomic E-state index is 14.8. The summed E-state index contributed by atoms with van der Waals surface area (Å²) in [5.41, 5.74) is 8.35. The van der Waals surface area contributed by atoms with Crippen molar-refractivity contribution in [1.29, 1.82) is 0 Å². The molecule has 5 N–H and O–H groups in total. The van der Waals surface area contributed by atoms with Gasteiger partial charge in [-0.05, 0) is 12.5 Å². The van der Waals surface area contributed by atoms with Gasteiger partial charge < -0.3 is 26.0 Å². The SMILES string of the molecule is CCCCCCCC(=O)OC[C@@](CN)(OC)[C@@H](O)[C@@H](F)n1ccc(N)nc1=O. The molecule has 0 fully saturated rings. The van der Waals surface area contributed by atoms with E-state index in [1.54, 1.807) is 0 Å². The van der Waals surface area contributed by atoms with Gasteiger partial charge in [0, 0.05) is 26.3 Å². The first-order valence-electron chi connectivity index (χ1n) is 9.39. The zero-order chi connectivity index (χ0) is 21.2. The number of carbonyl (C=O) groups excluding carboxylic acids is 1. The van der Waals surface area contributed by atoms with Crippen LogP contribution in [0.3, 0.4) is 0 Å². The van der Waals surface area contributed by atoms with Gasteiger partial charge >= 0.3 is 11.7 Å². The lowest BCUT2D eigenvalue weighted by Crippen LogP contribution is -2.57. The maximum atomic E-state index is 14.8. The second-order valence-electron chi connectivity index (χ2n) is 6.66. The molecule has 1 rings (SSSR count). The molecule has 0 aliphatic heterocycles. The number of methoxy groups -OCH3 is 1. The fraction of sp³-hybridized carbons (Fsp3) is 0.722. The molecule has 0 aromatic carbocycles. The summed E-state index contributed by atoms with van der Waals surface area (Å²) in [6, 6.07) is 1.22. The van der Waals surface area contributed by atoms with Gasteiger partial charge in [0.15, 0.2) is 0 Å². The Kier molecular flexibility index (Phi) is 10.0. The molecular weight excluding hydrogens is 371 g/mol. The van der Waals surface area contributed by atoms with Gasteiger partial charge in [0.05, 0.1) is 0 Å². The lowest BCUT2D eigenvalue weighted by Gasteiger charge is -2.36. The molecule has 9 nitrogen and oxygen atoms in total. The number of carbonyl (C=O) groups is 1. The minimum Gasteiger partial charge on any atom is -0.462 e. The molecule has 1 aromatic rings. The Balaban J connectivity index is 2.74. The quantitative estimate of drug-likeness (QED) is 0.326. The molecule has 0 aliphatic rings. The minimum atomic E-state index is -2.23.